The quantitative estimate of drug-likeness (QED) is 0.409. The van der Waals surface area contributed by atoms with Gasteiger partial charge in [0.25, 0.3) is 0 Å². The summed E-state index contributed by atoms with van der Waals surface area (Å²) in [6, 6.07) is 0. The highest BCUT2D eigenvalue weighted by Crippen LogP contribution is 1.58. The van der Waals surface area contributed by atoms with E-state index < -0.39 is 5.76 Å². The fourth-order valence-corrected chi connectivity index (χ4v) is 0.294. The van der Waals surface area contributed by atoms with Crippen LogP contribution in [0.3, 0.4) is 0 Å². The van der Waals surface area contributed by atoms with Crippen molar-refractivity contribution < 1.29 is 4.42 Å². The highest BCUT2D eigenvalue weighted by molar-refractivity contribution is 6.30. The van der Waals surface area contributed by atoms with Crippen LogP contribution in [-0.2, 0) is 0 Å². The number of aromatic nitrogens is 1. The van der Waals surface area contributed by atoms with Gasteiger partial charge in [0, 0.05) is 5.59 Å². The summed E-state index contributed by atoms with van der Waals surface area (Å²) in [6.07, 6.45) is 1.16. The summed E-state index contributed by atoms with van der Waals surface area (Å²) in [6.45, 7) is 0. The van der Waals surface area contributed by atoms with Crippen LogP contribution in [0.2, 0.25) is 0 Å². The van der Waals surface area contributed by atoms with Gasteiger partial charge in [0.05, 0.1) is 0 Å². The molecule has 3 nitrogen and oxygen atoms in total. The van der Waals surface area contributed by atoms with Gasteiger partial charge in [0.1, 0.15) is 14.1 Å². The molecule has 1 aromatic heterocycles. The predicted molar refractivity (Wildman–Crippen MR) is 24.7 cm³/mol. The van der Waals surface area contributed by atoms with E-state index in [-0.39, 0.29) is 5.59 Å². The Labute approximate surface area is 40.8 Å². The number of hydrogen-bond acceptors (Lipinski definition) is 2. The molecule has 0 amide bonds. The minimum atomic E-state index is -0.516. The fourth-order valence-electron chi connectivity index (χ4n) is 0.294. The van der Waals surface area contributed by atoms with Crippen molar-refractivity contribution in [2.24, 2.45) is 0 Å². The molecular weight excluding hydrogens is 92.9 g/mol. The van der Waals surface area contributed by atoms with Crippen LogP contribution in [0.5, 0.6) is 0 Å². The third-order valence-electron chi connectivity index (χ3n) is 0.539. The van der Waals surface area contributed by atoms with Gasteiger partial charge in [-0.2, -0.15) is 0 Å². The maximum absolute atomic E-state index is 9.99. The second-order valence-corrected chi connectivity index (χ2v) is 1.10. The van der Waals surface area contributed by atoms with Crippen LogP contribution in [0.1, 0.15) is 0 Å². The van der Waals surface area contributed by atoms with Crippen molar-refractivity contribution in [3.05, 3.63) is 16.8 Å². The zero-order valence-electron chi connectivity index (χ0n) is 3.47. The highest BCUT2D eigenvalue weighted by Gasteiger charge is 1.84. The molecule has 0 saturated carbocycles. The number of hydrogen-bond donors (Lipinski definition) is 1. The Hall–Kier alpha value is -0.925. The lowest BCUT2D eigenvalue weighted by molar-refractivity contribution is 0.515. The van der Waals surface area contributed by atoms with E-state index in [1.165, 1.54) is 0 Å². The molecule has 0 bridgehead atoms. The summed E-state index contributed by atoms with van der Waals surface area (Å²) in [5.74, 6) is -0.516. The monoisotopic (exact) mass is 95.0 g/mol. The van der Waals surface area contributed by atoms with Crippen molar-refractivity contribution in [1.82, 2.24) is 4.98 Å². The van der Waals surface area contributed by atoms with Crippen LogP contribution in [0.4, 0.5) is 0 Å². The first kappa shape index (κ1) is 4.24. The third kappa shape index (κ3) is 0.736. The van der Waals surface area contributed by atoms with E-state index in [2.05, 4.69) is 9.40 Å². The number of aromatic amines is 1. The molecule has 0 saturated heterocycles. The lowest BCUT2D eigenvalue weighted by Gasteiger charge is -1.64. The molecule has 4 heteroatoms. The first-order valence-corrected chi connectivity index (χ1v) is 1.72. The van der Waals surface area contributed by atoms with Crippen LogP contribution < -0.4 is 11.3 Å². The Bertz CT molecular complexity index is 201. The summed E-state index contributed by atoms with van der Waals surface area (Å²) in [5.41, 5.74) is 0.255. The van der Waals surface area contributed by atoms with Crippen molar-refractivity contribution in [3.8, 4) is 0 Å². The Morgan fingerprint density at radius 3 is 2.71 bits per heavy atom. The van der Waals surface area contributed by atoms with Gasteiger partial charge in [0.15, 0.2) is 0 Å². The average molecular weight is 94.9 g/mol. The van der Waals surface area contributed by atoms with Crippen LogP contribution in [0.15, 0.2) is 15.5 Å². The number of oxazole rings is 1. The molecule has 0 aliphatic carbocycles. The zero-order chi connectivity index (χ0) is 5.28. The molecule has 34 valence electrons. The van der Waals surface area contributed by atoms with Crippen LogP contribution in [-0.4, -0.2) is 12.8 Å². The van der Waals surface area contributed by atoms with E-state index in [1.54, 1.807) is 0 Å². The van der Waals surface area contributed by atoms with E-state index in [1.807, 2.05) is 0 Å². The van der Waals surface area contributed by atoms with E-state index >= 15 is 0 Å². The zero-order valence-corrected chi connectivity index (χ0v) is 3.47. The molecule has 1 heterocycles. The van der Waals surface area contributed by atoms with Crippen molar-refractivity contribution in [1.29, 1.82) is 0 Å². The third-order valence-corrected chi connectivity index (χ3v) is 0.539. The number of H-pyrrole nitrogens is 1. The number of nitrogens with one attached hydrogen (secondary N) is 1. The Kier molecular flexibility index (Phi) is 0.783. The van der Waals surface area contributed by atoms with Gasteiger partial charge in [-0.05, 0) is 0 Å². The van der Waals surface area contributed by atoms with Crippen LogP contribution in [0.25, 0.3) is 0 Å². The van der Waals surface area contributed by atoms with Gasteiger partial charge < -0.3 is 9.40 Å². The molecule has 1 N–H and O–H groups in total. The first-order valence-electron chi connectivity index (χ1n) is 1.72. The topological polar surface area (TPSA) is 46.0 Å². The smallest absolute Gasteiger partial charge is 0.415 e. The van der Waals surface area contributed by atoms with E-state index in [0.717, 1.165) is 6.26 Å². The van der Waals surface area contributed by atoms with Crippen molar-refractivity contribution >= 4 is 13.4 Å². The van der Waals surface area contributed by atoms with E-state index in [9.17, 15) is 4.79 Å². The molecule has 0 aromatic carbocycles. The largest absolute Gasteiger partial charge is 0.417 e. The normalized spacial score (nSPS) is 9.14. The van der Waals surface area contributed by atoms with Gasteiger partial charge in [0.2, 0.25) is 0 Å². The minimum absolute atomic E-state index is 0.255. The van der Waals surface area contributed by atoms with Gasteiger partial charge in [-0.25, -0.2) is 4.79 Å². The lowest BCUT2D eigenvalue weighted by Crippen LogP contribution is -2.07. The molecule has 0 atom stereocenters. The highest BCUT2D eigenvalue weighted by atomic mass is 16.4. The minimum Gasteiger partial charge on any atom is -0.417 e. The SMILES string of the molecule is [B]c1coc(=O)[nH]1. The van der Waals surface area contributed by atoms with Crippen molar-refractivity contribution in [2.45, 2.75) is 0 Å². The molecule has 0 unspecified atom stereocenters. The lowest BCUT2D eigenvalue weighted by atomic mass is 10.1. The molecular formula is C3H2BNO2. The predicted octanol–water partition coefficient (Wildman–Crippen LogP) is -1.24. The average Bonchev–Trinajstić information content (AvgIpc) is 1.87. The van der Waals surface area contributed by atoms with E-state index in [0.29, 0.717) is 0 Å². The Morgan fingerprint density at radius 2 is 2.57 bits per heavy atom. The molecule has 1 aromatic rings. The van der Waals surface area contributed by atoms with Gasteiger partial charge in [-0.15, -0.1) is 0 Å². The summed E-state index contributed by atoms with van der Waals surface area (Å²) in [5, 5.41) is 0. The molecule has 0 fully saturated rings. The fraction of sp³-hybridized carbons (Fsp3) is 0. The van der Waals surface area contributed by atoms with Crippen LogP contribution >= 0.6 is 0 Å². The maximum Gasteiger partial charge on any atom is 0.415 e. The maximum atomic E-state index is 9.99. The molecule has 0 aliphatic heterocycles. The van der Waals surface area contributed by atoms with E-state index in [4.69, 9.17) is 7.85 Å². The van der Waals surface area contributed by atoms with Gasteiger partial charge >= 0.3 is 5.76 Å². The second-order valence-electron chi connectivity index (χ2n) is 1.10. The molecule has 1 rings (SSSR count). The summed E-state index contributed by atoms with van der Waals surface area (Å²) < 4.78 is 4.23. The van der Waals surface area contributed by atoms with Crippen LogP contribution in [0, 0.1) is 0 Å². The molecule has 0 aliphatic rings. The summed E-state index contributed by atoms with van der Waals surface area (Å²) in [7, 11) is 5.03. The Balaban J connectivity index is 3.30. The van der Waals surface area contributed by atoms with Gasteiger partial charge in [-0.1, -0.05) is 0 Å². The second kappa shape index (κ2) is 1.29. The van der Waals surface area contributed by atoms with Gasteiger partial charge in [-0.3, -0.25) is 0 Å². The van der Waals surface area contributed by atoms with Crippen molar-refractivity contribution in [2.75, 3.05) is 0 Å². The Morgan fingerprint density at radius 1 is 1.86 bits per heavy atom. The number of rotatable bonds is 0. The standard InChI is InChI=1S/C3H2BNO2/c4-2-1-7-3(6)5-2/h1H,(H,5,6). The summed E-state index contributed by atoms with van der Waals surface area (Å²) >= 11 is 0. The molecule has 7 heavy (non-hydrogen) atoms. The molecule has 2 radical (unpaired) electrons. The first-order chi connectivity index (χ1) is 3.29. The van der Waals surface area contributed by atoms with Crippen molar-refractivity contribution in [3.63, 3.8) is 0 Å². The summed E-state index contributed by atoms with van der Waals surface area (Å²) in [4.78, 5) is 12.2. The molecule has 0 spiro atoms.